The van der Waals surface area contributed by atoms with Crippen molar-refractivity contribution in [3.63, 3.8) is 0 Å². The molecule has 0 amide bonds. The van der Waals surface area contributed by atoms with Gasteiger partial charge in [-0.05, 0) is 41.3 Å². The van der Waals surface area contributed by atoms with Crippen molar-refractivity contribution in [3.05, 3.63) is 47.8 Å². The van der Waals surface area contributed by atoms with Gasteiger partial charge in [0.2, 0.25) is 0 Å². The summed E-state index contributed by atoms with van der Waals surface area (Å²) < 4.78 is 0. The molecule has 0 saturated heterocycles. The first-order valence-corrected chi connectivity index (χ1v) is 7.74. The molecule has 120 valence electrons. The van der Waals surface area contributed by atoms with Crippen LogP contribution in [0.1, 0.15) is 38.0 Å². The van der Waals surface area contributed by atoms with Crippen LogP contribution in [0.2, 0.25) is 0 Å². The maximum atomic E-state index is 10.1. The molecule has 4 N–H and O–H groups in total. The molecule has 2 heterocycles. The van der Waals surface area contributed by atoms with Crippen molar-refractivity contribution in [2.45, 2.75) is 32.3 Å². The zero-order valence-electron chi connectivity index (χ0n) is 13.7. The van der Waals surface area contributed by atoms with E-state index in [0.717, 1.165) is 33.3 Å². The number of hydrogen-bond acceptors (Lipinski definition) is 4. The minimum Gasteiger partial charge on any atom is -0.389 e. The van der Waals surface area contributed by atoms with Crippen LogP contribution in [-0.2, 0) is 5.41 Å². The third-order valence-electron chi connectivity index (χ3n) is 4.39. The van der Waals surface area contributed by atoms with Gasteiger partial charge in [-0.2, -0.15) is 5.10 Å². The van der Waals surface area contributed by atoms with Crippen LogP contribution in [0.4, 0.5) is 0 Å². The number of nitrogens with one attached hydrogen (secondary N) is 1. The molecule has 0 radical (unpaired) electrons. The summed E-state index contributed by atoms with van der Waals surface area (Å²) in [5.41, 5.74) is 10.6. The number of benzene rings is 1. The number of pyridine rings is 1. The topological polar surface area (TPSA) is 87.8 Å². The summed E-state index contributed by atoms with van der Waals surface area (Å²) >= 11 is 0. The standard InChI is InChI=1S/C18H22N4O/c1-11(23)12-6-13(8-14(7-12)18(2,3)10-19)15-4-5-20-17-16(15)9-21-22-17/h4-9,11,23H,10,19H2,1-3H3,(H,20,21,22). The lowest BCUT2D eigenvalue weighted by Gasteiger charge is -2.25. The van der Waals surface area contributed by atoms with E-state index < -0.39 is 6.10 Å². The molecule has 3 rings (SSSR count). The number of aliphatic hydroxyl groups excluding tert-OH is 1. The molecule has 0 aliphatic carbocycles. The van der Waals surface area contributed by atoms with Gasteiger partial charge in [0.05, 0.1) is 12.3 Å². The number of H-pyrrole nitrogens is 1. The third kappa shape index (κ3) is 2.85. The predicted octanol–water partition coefficient (Wildman–Crippen LogP) is 2.91. The van der Waals surface area contributed by atoms with Crippen LogP contribution in [0.5, 0.6) is 0 Å². The zero-order chi connectivity index (χ0) is 16.6. The number of aromatic amines is 1. The highest BCUT2D eigenvalue weighted by Crippen LogP contribution is 2.33. The molecular weight excluding hydrogens is 288 g/mol. The molecule has 1 aromatic carbocycles. The molecule has 0 saturated carbocycles. The average Bonchev–Trinajstić information content (AvgIpc) is 3.02. The molecule has 0 spiro atoms. The number of aliphatic hydroxyl groups is 1. The maximum absolute atomic E-state index is 10.1. The van der Waals surface area contributed by atoms with E-state index in [-0.39, 0.29) is 5.41 Å². The van der Waals surface area contributed by atoms with Crippen LogP contribution in [0.15, 0.2) is 36.7 Å². The molecule has 0 aliphatic heterocycles. The summed E-state index contributed by atoms with van der Waals surface area (Å²) in [5.74, 6) is 0. The zero-order valence-corrected chi connectivity index (χ0v) is 13.7. The first kappa shape index (κ1) is 15.6. The van der Waals surface area contributed by atoms with Crippen molar-refractivity contribution in [1.82, 2.24) is 15.2 Å². The summed E-state index contributed by atoms with van der Waals surface area (Å²) in [6.07, 6.45) is 3.00. The van der Waals surface area contributed by atoms with Gasteiger partial charge in [0.15, 0.2) is 5.65 Å². The van der Waals surface area contributed by atoms with Gasteiger partial charge in [0.1, 0.15) is 0 Å². The van der Waals surface area contributed by atoms with E-state index in [2.05, 4.69) is 35.1 Å². The summed E-state index contributed by atoms with van der Waals surface area (Å²) in [6, 6.07) is 8.16. The Morgan fingerprint density at radius 3 is 2.78 bits per heavy atom. The Morgan fingerprint density at radius 1 is 1.30 bits per heavy atom. The summed E-state index contributed by atoms with van der Waals surface area (Å²) in [7, 11) is 0. The fourth-order valence-electron chi connectivity index (χ4n) is 2.66. The summed E-state index contributed by atoms with van der Waals surface area (Å²) in [6.45, 7) is 6.53. The molecule has 23 heavy (non-hydrogen) atoms. The van der Waals surface area contributed by atoms with E-state index in [1.807, 2.05) is 18.2 Å². The van der Waals surface area contributed by atoms with Gasteiger partial charge in [-0.3, -0.25) is 5.10 Å². The van der Waals surface area contributed by atoms with Gasteiger partial charge in [-0.25, -0.2) is 4.98 Å². The third-order valence-corrected chi connectivity index (χ3v) is 4.39. The molecular formula is C18H22N4O. The van der Waals surface area contributed by atoms with Gasteiger partial charge >= 0.3 is 0 Å². The van der Waals surface area contributed by atoms with E-state index in [0.29, 0.717) is 6.54 Å². The number of nitrogens with two attached hydrogens (primary N) is 1. The van der Waals surface area contributed by atoms with E-state index in [4.69, 9.17) is 5.73 Å². The Bertz CT molecular complexity index is 836. The van der Waals surface area contributed by atoms with Gasteiger partial charge < -0.3 is 10.8 Å². The second kappa shape index (κ2) is 5.76. The molecule has 3 aromatic rings. The van der Waals surface area contributed by atoms with Crippen LogP contribution in [0, 0.1) is 0 Å². The fourth-order valence-corrected chi connectivity index (χ4v) is 2.66. The highest BCUT2D eigenvalue weighted by atomic mass is 16.3. The number of hydrogen-bond donors (Lipinski definition) is 3. The van der Waals surface area contributed by atoms with Gasteiger partial charge in [0, 0.05) is 23.5 Å². The van der Waals surface area contributed by atoms with Crippen molar-refractivity contribution in [2.75, 3.05) is 6.54 Å². The number of rotatable bonds is 4. The fraction of sp³-hybridized carbons (Fsp3) is 0.333. The molecule has 5 nitrogen and oxygen atoms in total. The van der Waals surface area contributed by atoms with Crippen LogP contribution in [0.25, 0.3) is 22.2 Å². The smallest absolute Gasteiger partial charge is 0.155 e. The molecule has 0 aliphatic rings. The van der Waals surface area contributed by atoms with Crippen LogP contribution in [0.3, 0.4) is 0 Å². The van der Waals surface area contributed by atoms with Crippen LogP contribution in [-0.4, -0.2) is 26.8 Å². The SMILES string of the molecule is CC(O)c1cc(-c2ccnc3[nH]ncc23)cc(C(C)(C)CN)c1. The van der Waals surface area contributed by atoms with E-state index in [9.17, 15) is 5.11 Å². The first-order valence-electron chi connectivity index (χ1n) is 7.74. The highest BCUT2D eigenvalue weighted by molar-refractivity contribution is 5.92. The first-order chi connectivity index (χ1) is 10.9. The minimum absolute atomic E-state index is 0.164. The minimum atomic E-state index is -0.538. The second-order valence-electron chi connectivity index (χ2n) is 6.60. The van der Waals surface area contributed by atoms with Crippen molar-refractivity contribution in [1.29, 1.82) is 0 Å². The molecule has 1 unspecified atom stereocenters. The lowest BCUT2D eigenvalue weighted by molar-refractivity contribution is 0.199. The summed E-state index contributed by atoms with van der Waals surface area (Å²) in [5, 5.41) is 18.0. The number of aromatic nitrogens is 3. The lowest BCUT2D eigenvalue weighted by Crippen LogP contribution is -2.28. The van der Waals surface area contributed by atoms with Gasteiger partial charge in [0.25, 0.3) is 0 Å². The van der Waals surface area contributed by atoms with Crippen molar-refractivity contribution in [2.24, 2.45) is 5.73 Å². The van der Waals surface area contributed by atoms with Crippen molar-refractivity contribution in [3.8, 4) is 11.1 Å². The van der Waals surface area contributed by atoms with E-state index in [1.165, 1.54) is 0 Å². The summed E-state index contributed by atoms with van der Waals surface area (Å²) in [4.78, 5) is 4.28. The van der Waals surface area contributed by atoms with Gasteiger partial charge in [-0.1, -0.05) is 26.0 Å². The normalized spacial score (nSPS) is 13.4. The van der Waals surface area contributed by atoms with Crippen LogP contribution >= 0.6 is 0 Å². The largest absolute Gasteiger partial charge is 0.389 e. The van der Waals surface area contributed by atoms with E-state index >= 15 is 0 Å². The highest BCUT2D eigenvalue weighted by Gasteiger charge is 2.21. The molecule has 0 bridgehead atoms. The molecule has 5 heteroatoms. The molecule has 0 fully saturated rings. The Hall–Kier alpha value is -2.24. The Morgan fingerprint density at radius 2 is 2.09 bits per heavy atom. The second-order valence-corrected chi connectivity index (χ2v) is 6.60. The maximum Gasteiger partial charge on any atom is 0.155 e. The quantitative estimate of drug-likeness (QED) is 0.691. The molecule has 1 atom stereocenters. The lowest BCUT2D eigenvalue weighted by atomic mass is 9.82. The Balaban J connectivity index is 2.24. The average molecular weight is 310 g/mol. The Kier molecular flexibility index (Phi) is 3.92. The Labute approximate surface area is 135 Å². The number of fused-ring (bicyclic) bond motifs is 1. The van der Waals surface area contributed by atoms with E-state index in [1.54, 1.807) is 19.3 Å². The van der Waals surface area contributed by atoms with Crippen molar-refractivity contribution >= 4 is 11.0 Å². The van der Waals surface area contributed by atoms with Crippen LogP contribution < -0.4 is 5.73 Å². The monoisotopic (exact) mass is 310 g/mol. The van der Waals surface area contributed by atoms with Gasteiger partial charge in [-0.15, -0.1) is 0 Å². The number of nitrogens with zero attached hydrogens (tertiary/aromatic N) is 2. The predicted molar refractivity (Wildman–Crippen MR) is 92.0 cm³/mol. The molecule has 2 aromatic heterocycles. The van der Waals surface area contributed by atoms with Crippen molar-refractivity contribution < 1.29 is 5.11 Å².